The number of benzene rings is 8. The SMILES string of the molecule is COC12C=CC(OC)(C=C1)c1ccc(cc1)-c1ccc(cc1)C1(OC)C=CC(OC)(C=C1)c1ccc(cc1)-c1ccc(cc1)C1(OC)C=CC(OC)(C=C1)c1ccc(cc1)-c1ccc(cc1)C1(OC)C=CC(OC)(C=C1)c1ccc(cc1)-c1ccc2cc1. The molecule has 0 unspecified atom stereocenters. The van der Waals surface area contributed by atoms with Crippen LogP contribution in [-0.2, 0) is 82.7 Å². The molecule has 8 aromatic carbocycles. The average Bonchev–Trinajstić information content (AvgIpc) is 1.44. The van der Waals surface area contributed by atoms with Crippen molar-refractivity contribution in [3.63, 3.8) is 0 Å². The highest BCUT2D eigenvalue weighted by Crippen LogP contribution is 2.46. The van der Waals surface area contributed by atoms with Crippen LogP contribution in [-0.4, -0.2) is 56.9 Å². The second-order valence-corrected chi connectivity index (χ2v) is 23.3. The van der Waals surface area contributed by atoms with Gasteiger partial charge in [-0.15, -0.1) is 0 Å². The molecule has 0 N–H and O–H groups in total. The highest BCUT2D eigenvalue weighted by atomic mass is 16.5. The van der Waals surface area contributed by atoms with E-state index in [9.17, 15) is 0 Å². The first kappa shape index (κ1) is 58.4. The molecule has 0 fully saturated rings. The molecule has 23 aliphatic carbocycles. The van der Waals surface area contributed by atoms with Crippen molar-refractivity contribution < 1.29 is 37.9 Å². The molecule has 0 saturated carbocycles. The lowest BCUT2D eigenvalue weighted by Crippen LogP contribution is -2.33. The molecule has 0 radical (unpaired) electrons. The lowest BCUT2D eigenvalue weighted by molar-refractivity contribution is 0.0421. The van der Waals surface area contributed by atoms with Crippen LogP contribution < -0.4 is 0 Å². The minimum Gasteiger partial charge on any atom is -0.365 e. The van der Waals surface area contributed by atoms with Gasteiger partial charge in [-0.05, 0) is 186 Å². The first-order valence-electron chi connectivity index (χ1n) is 29.8. The fourth-order valence-corrected chi connectivity index (χ4v) is 13.4. The van der Waals surface area contributed by atoms with Crippen molar-refractivity contribution in [2.75, 3.05) is 56.9 Å². The van der Waals surface area contributed by atoms with Crippen molar-refractivity contribution in [3.05, 3.63) is 336 Å². The van der Waals surface area contributed by atoms with Gasteiger partial charge >= 0.3 is 0 Å². The highest BCUT2D eigenvalue weighted by Gasteiger charge is 2.41. The van der Waals surface area contributed by atoms with Crippen LogP contribution in [0.2, 0.25) is 0 Å². The van der Waals surface area contributed by atoms with E-state index in [2.05, 4.69) is 291 Å². The van der Waals surface area contributed by atoms with E-state index in [-0.39, 0.29) is 0 Å². The van der Waals surface area contributed by atoms with Crippen molar-refractivity contribution in [2.24, 2.45) is 0 Å². The van der Waals surface area contributed by atoms with Crippen LogP contribution in [0, 0.1) is 0 Å². The minimum absolute atomic E-state index is 0.792. The summed E-state index contributed by atoms with van der Waals surface area (Å²) in [6, 6.07) is 68.5. The molecule has 0 aliphatic heterocycles. The standard InChI is InChI=1S/C80H72O8/c1-81-73-41-43-74(82-2,44-42-73)66-27-11-59(12-28-66)60-15-31-68(32-16-60)77(85-5)49-51-78(86-6,52-50-77)70-35-19-63(20-36-70)64-23-39-72(40-24-64)80(88-8)55-53-79(87-7,54-56-80)71-37-21-62(22-38-71)61-17-33-69(34-18-61)76(84-4)47-45-75(83-3,46-48-76)67-29-13-58(14-30-67)57-9-25-65(73)26-10-57/h9-56H,1-8H3. The summed E-state index contributed by atoms with van der Waals surface area (Å²) in [5.41, 5.74) is 10.3. The van der Waals surface area contributed by atoms with Crippen LogP contribution in [0.4, 0.5) is 0 Å². The van der Waals surface area contributed by atoms with Crippen LogP contribution in [0.5, 0.6) is 0 Å². The number of hydrogen-bond acceptors (Lipinski definition) is 8. The molecule has 0 heterocycles. The van der Waals surface area contributed by atoms with E-state index in [0.29, 0.717) is 0 Å². The quantitative estimate of drug-likeness (QED) is 0.139. The maximum Gasteiger partial charge on any atom is 0.129 e. The van der Waals surface area contributed by atoms with Crippen molar-refractivity contribution in [2.45, 2.75) is 44.8 Å². The maximum atomic E-state index is 6.30. The Labute approximate surface area is 517 Å². The molecule has 0 saturated heterocycles. The maximum absolute atomic E-state index is 6.30. The number of methoxy groups -OCH3 is 8. The Morgan fingerprint density at radius 1 is 0.136 bits per heavy atom. The molecule has 0 spiro atoms. The van der Waals surface area contributed by atoms with E-state index in [1.807, 2.05) is 0 Å². The van der Waals surface area contributed by atoms with Gasteiger partial charge in [0.15, 0.2) is 0 Å². The number of rotatable bonds is 8. The van der Waals surface area contributed by atoms with Gasteiger partial charge in [0.2, 0.25) is 0 Å². The lowest BCUT2D eigenvalue weighted by Gasteiger charge is -2.36. The summed E-state index contributed by atoms with van der Waals surface area (Å²) in [6.45, 7) is 0. The van der Waals surface area contributed by atoms with Gasteiger partial charge in [0.1, 0.15) is 44.8 Å². The zero-order valence-corrected chi connectivity index (χ0v) is 51.0. The monoisotopic (exact) mass is 1160 g/mol. The summed E-state index contributed by atoms with van der Waals surface area (Å²) in [7, 11) is 13.9. The van der Waals surface area contributed by atoms with Gasteiger partial charge in [-0.3, -0.25) is 0 Å². The smallest absolute Gasteiger partial charge is 0.129 e. The fraction of sp³-hybridized carbons (Fsp3) is 0.200. The average molecular weight is 1160 g/mol. The first-order valence-corrected chi connectivity index (χ1v) is 29.8. The third-order valence-corrected chi connectivity index (χ3v) is 19.4. The zero-order valence-electron chi connectivity index (χ0n) is 51.0. The van der Waals surface area contributed by atoms with Crippen LogP contribution >= 0.6 is 0 Å². The molecule has 23 aliphatic rings. The van der Waals surface area contributed by atoms with Crippen LogP contribution in [0.1, 0.15) is 44.5 Å². The van der Waals surface area contributed by atoms with Crippen LogP contribution in [0.3, 0.4) is 0 Å². The Hall–Kier alpha value is -8.64. The summed E-state index contributed by atoms with van der Waals surface area (Å²) in [5.74, 6) is 0. The predicted octanol–water partition coefficient (Wildman–Crippen LogP) is 16.7. The van der Waals surface area contributed by atoms with Crippen LogP contribution in [0.15, 0.2) is 291 Å². The number of ether oxygens (including phenoxy) is 8. The molecular formula is C80H72O8. The first-order chi connectivity index (χ1) is 42.8. The zero-order chi connectivity index (χ0) is 60.8. The lowest BCUT2D eigenvalue weighted by atomic mass is 9.80. The van der Waals surface area contributed by atoms with E-state index >= 15 is 0 Å². The van der Waals surface area contributed by atoms with Crippen molar-refractivity contribution in [1.82, 2.24) is 0 Å². The van der Waals surface area contributed by atoms with E-state index in [4.69, 9.17) is 37.9 Å². The normalized spacial score (nSPS) is 27.9. The molecule has 24 bridgehead atoms. The Balaban J connectivity index is 0.818. The van der Waals surface area contributed by atoms with Gasteiger partial charge < -0.3 is 37.9 Å². The molecule has 0 atom stereocenters. The van der Waals surface area contributed by atoms with E-state index in [0.717, 1.165) is 89.0 Å². The summed E-state index contributed by atoms with van der Waals surface area (Å²) < 4.78 is 50.4. The summed E-state index contributed by atoms with van der Waals surface area (Å²) in [6.07, 6.45) is 33.5. The molecule has 440 valence electrons. The van der Waals surface area contributed by atoms with Crippen LogP contribution in [0.25, 0.3) is 44.5 Å². The van der Waals surface area contributed by atoms with Crippen molar-refractivity contribution >= 4 is 0 Å². The van der Waals surface area contributed by atoms with Gasteiger partial charge in [-0.25, -0.2) is 0 Å². The molecule has 8 heteroatoms. The Morgan fingerprint density at radius 2 is 0.216 bits per heavy atom. The summed E-state index contributed by atoms with van der Waals surface area (Å²) >= 11 is 0. The van der Waals surface area contributed by atoms with Gasteiger partial charge in [-0.2, -0.15) is 0 Å². The third-order valence-electron chi connectivity index (χ3n) is 19.4. The third kappa shape index (κ3) is 9.73. The molecule has 88 heavy (non-hydrogen) atoms. The Kier molecular flexibility index (Phi) is 15.1. The largest absolute Gasteiger partial charge is 0.365 e. The molecule has 0 amide bonds. The van der Waals surface area contributed by atoms with Crippen molar-refractivity contribution in [3.8, 4) is 44.5 Å². The molecular weight excluding hydrogens is 1090 g/mol. The van der Waals surface area contributed by atoms with E-state index in [1.54, 1.807) is 56.9 Å². The second-order valence-electron chi connectivity index (χ2n) is 23.3. The van der Waals surface area contributed by atoms with E-state index < -0.39 is 44.8 Å². The van der Waals surface area contributed by atoms with Gasteiger partial charge in [0, 0.05) is 56.9 Å². The predicted molar refractivity (Wildman–Crippen MR) is 350 cm³/mol. The fourth-order valence-electron chi connectivity index (χ4n) is 13.4. The minimum atomic E-state index is -0.792. The second kappa shape index (κ2) is 22.8. The molecule has 31 rings (SSSR count). The van der Waals surface area contributed by atoms with Gasteiger partial charge in [0.25, 0.3) is 0 Å². The molecule has 8 aromatic rings. The number of hydrogen-bond donors (Lipinski definition) is 0. The summed E-state index contributed by atoms with van der Waals surface area (Å²) in [5, 5.41) is 0. The Morgan fingerprint density at radius 3 is 0.284 bits per heavy atom. The molecule has 0 aromatic heterocycles. The topological polar surface area (TPSA) is 73.8 Å². The highest BCUT2D eigenvalue weighted by molar-refractivity contribution is 5.69. The van der Waals surface area contributed by atoms with Crippen molar-refractivity contribution in [1.29, 1.82) is 0 Å². The molecule has 8 nitrogen and oxygen atoms in total. The summed E-state index contributed by atoms with van der Waals surface area (Å²) in [4.78, 5) is 0. The van der Waals surface area contributed by atoms with Gasteiger partial charge in [-0.1, -0.05) is 194 Å². The Bertz CT molecular complexity index is 3230. The van der Waals surface area contributed by atoms with Gasteiger partial charge in [0.05, 0.1) is 0 Å². The van der Waals surface area contributed by atoms with E-state index in [1.165, 1.54) is 0 Å².